The first-order valence-corrected chi connectivity index (χ1v) is 11.5. The molecule has 168 valence electrons. The minimum Gasteiger partial charge on any atom is -0.483 e. The lowest BCUT2D eigenvalue weighted by Gasteiger charge is -2.41. The van der Waals surface area contributed by atoms with Crippen molar-refractivity contribution in [2.24, 2.45) is 0 Å². The fourth-order valence-corrected chi connectivity index (χ4v) is 6.06. The summed E-state index contributed by atoms with van der Waals surface area (Å²) in [5.41, 5.74) is 1.82. The molecule has 1 aromatic carbocycles. The molecule has 2 saturated heterocycles. The largest absolute Gasteiger partial charge is 0.483 e. The van der Waals surface area contributed by atoms with Gasteiger partial charge in [-0.2, -0.15) is 0 Å². The van der Waals surface area contributed by atoms with Gasteiger partial charge in [-0.25, -0.2) is 0 Å². The Morgan fingerprint density at radius 1 is 1.13 bits per heavy atom. The van der Waals surface area contributed by atoms with Gasteiger partial charge in [0.1, 0.15) is 12.4 Å². The number of ether oxygens (including phenoxy) is 3. The number of carbonyl (C=O) groups is 2. The van der Waals surface area contributed by atoms with Crippen molar-refractivity contribution >= 4 is 11.8 Å². The van der Waals surface area contributed by atoms with E-state index in [0.29, 0.717) is 25.6 Å². The second-order valence-electron chi connectivity index (χ2n) is 9.70. The zero-order chi connectivity index (χ0) is 21.6. The molecule has 1 N–H and O–H groups in total. The first-order chi connectivity index (χ1) is 14.9. The van der Waals surface area contributed by atoms with Crippen LogP contribution in [0.25, 0.3) is 0 Å². The van der Waals surface area contributed by atoms with Gasteiger partial charge in [0.2, 0.25) is 5.91 Å². The lowest BCUT2D eigenvalue weighted by Crippen LogP contribution is -2.65. The van der Waals surface area contributed by atoms with Crippen LogP contribution in [0.5, 0.6) is 5.75 Å². The fraction of sp³-hybridized carbons (Fsp3) is 0.667. The van der Waals surface area contributed by atoms with E-state index in [2.05, 4.69) is 18.3 Å². The molecule has 4 aliphatic heterocycles. The molecule has 2 bridgehead atoms. The van der Waals surface area contributed by atoms with E-state index in [0.717, 1.165) is 31.4 Å². The van der Waals surface area contributed by atoms with Crippen molar-refractivity contribution in [1.29, 1.82) is 0 Å². The summed E-state index contributed by atoms with van der Waals surface area (Å²) >= 11 is 0. The van der Waals surface area contributed by atoms with Crippen LogP contribution in [0.1, 0.15) is 56.1 Å². The van der Waals surface area contributed by atoms with Crippen molar-refractivity contribution in [3.63, 3.8) is 0 Å². The van der Waals surface area contributed by atoms with Crippen LogP contribution in [0, 0.1) is 6.92 Å². The van der Waals surface area contributed by atoms with Gasteiger partial charge >= 0.3 is 0 Å². The molecule has 0 radical (unpaired) electrons. The molecule has 1 aromatic rings. The Kier molecular flexibility index (Phi) is 5.42. The smallest absolute Gasteiger partial charge is 0.261 e. The second-order valence-corrected chi connectivity index (χ2v) is 9.70. The number of nitrogens with one attached hydrogen (secondary N) is 1. The third kappa shape index (κ3) is 3.82. The number of carbonyl (C=O) groups excluding carboxylic acids is 2. The summed E-state index contributed by atoms with van der Waals surface area (Å²) in [6, 6.07) is 5.95. The van der Waals surface area contributed by atoms with Crippen molar-refractivity contribution in [3.8, 4) is 5.75 Å². The average molecular weight is 429 g/mol. The van der Waals surface area contributed by atoms with E-state index >= 15 is 0 Å². The molecule has 0 unspecified atom stereocenters. The van der Waals surface area contributed by atoms with Crippen molar-refractivity contribution in [2.45, 2.75) is 75.6 Å². The molecule has 1 spiro atoms. The van der Waals surface area contributed by atoms with E-state index in [1.165, 1.54) is 11.1 Å². The SMILES string of the molecule is Cc1ccc2c(c1)[C@H]1CC[C@H](CC1)OC[C@@H]1N(C(=O)CO2)[C@H](C)C[C@@]12COCC(=O)N2. The van der Waals surface area contributed by atoms with Crippen molar-refractivity contribution < 1.29 is 23.8 Å². The number of benzene rings is 1. The molecular weight excluding hydrogens is 396 g/mol. The molecule has 2 amide bonds. The van der Waals surface area contributed by atoms with E-state index in [1.807, 2.05) is 24.0 Å². The topological polar surface area (TPSA) is 77.1 Å². The molecular formula is C24H32N2O5. The van der Waals surface area contributed by atoms with Crippen LogP contribution < -0.4 is 10.1 Å². The van der Waals surface area contributed by atoms with Gasteiger partial charge in [-0.05, 0) is 63.5 Å². The van der Waals surface area contributed by atoms with Gasteiger partial charge in [0.05, 0.1) is 30.9 Å². The normalized spacial score (nSPS) is 36.0. The molecule has 1 aliphatic carbocycles. The Labute approximate surface area is 183 Å². The molecule has 5 aliphatic rings. The monoisotopic (exact) mass is 428 g/mol. The summed E-state index contributed by atoms with van der Waals surface area (Å²) in [5, 5.41) is 3.15. The van der Waals surface area contributed by atoms with E-state index in [1.54, 1.807) is 0 Å². The zero-order valence-electron chi connectivity index (χ0n) is 18.4. The second kappa shape index (κ2) is 8.10. The predicted octanol–water partition coefficient (Wildman–Crippen LogP) is 2.30. The summed E-state index contributed by atoms with van der Waals surface area (Å²) < 4.78 is 18.1. The molecule has 0 aromatic heterocycles. The maximum Gasteiger partial charge on any atom is 0.261 e. The Balaban J connectivity index is 1.48. The van der Waals surface area contributed by atoms with E-state index in [-0.39, 0.29) is 43.2 Å². The minimum atomic E-state index is -0.600. The van der Waals surface area contributed by atoms with Gasteiger partial charge in [0.25, 0.3) is 5.91 Å². The third-order valence-electron chi connectivity index (χ3n) is 7.50. The number of fused-ring (bicyclic) bond motifs is 5. The quantitative estimate of drug-likeness (QED) is 0.686. The summed E-state index contributed by atoms with van der Waals surface area (Å²) in [4.78, 5) is 27.4. The van der Waals surface area contributed by atoms with Crippen LogP contribution in [0.15, 0.2) is 18.2 Å². The number of hydrogen-bond donors (Lipinski definition) is 1. The van der Waals surface area contributed by atoms with Crippen LogP contribution >= 0.6 is 0 Å². The van der Waals surface area contributed by atoms with Gasteiger partial charge < -0.3 is 24.4 Å². The van der Waals surface area contributed by atoms with Gasteiger partial charge in [-0.1, -0.05) is 17.7 Å². The molecule has 7 heteroatoms. The van der Waals surface area contributed by atoms with Gasteiger partial charge in [0, 0.05) is 6.04 Å². The lowest BCUT2D eigenvalue weighted by atomic mass is 9.82. The summed E-state index contributed by atoms with van der Waals surface area (Å²) in [7, 11) is 0. The highest BCUT2D eigenvalue weighted by Gasteiger charge is 2.55. The highest BCUT2D eigenvalue weighted by atomic mass is 16.5. The first kappa shape index (κ1) is 20.8. The maximum atomic E-state index is 13.4. The van der Waals surface area contributed by atoms with E-state index in [4.69, 9.17) is 14.2 Å². The van der Waals surface area contributed by atoms with Gasteiger partial charge in [-0.3, -0.25) is 9.59 Å². The van der Waals surface area contributed by atoms with E-state index < -0.39 is 5.54 Å². The molecule has 3 atom stereocenters. The van der Waals surface area contributed by atoms with Crippen LogP contribution in [0.2, 0.25) is 0 Å². The molecule has 3 fully saturated rings. The van der Waals surface area contributed by atoms with E-state index in [9.17, 15) is 9.59 Å². The first-order valence-electron chi connectivity index (χ1n) is 11.5. The summed E-state index contributed by atoms with van der Waals surface area (Å²) in [6.45, 7) is 4.98. The Bertz CT molecular complexity index is 866. The Morgan fingerprint density at radius 3 is 2.71 bits per heavy atom. The van der Waals surface area contributed by atoms with Crippen molar-refractivity contribution in [2.75, 3.05) is 26.4 Å². The zero-order valence-corrected chi connectivity index (χ0v) is 18.4. The Morgan fingerprint density at radius 2 is 1.94 bits per heavy atom. The molecule has 7 nitrogen and oxygen atoms in total. The summed E-state index contributed by atoms with van der Waals surface area (Å²) in [5.74, 6) is 1.05. The van der Waals surface area contributed by atoms with Gasteiger partial charge in [-0.15, -0.1) is 0 Å². The number of morpholine rings is 1. The maximum absolute atomic E-state index is 13.4. The molecule has 1 saturated carbocycles. The number of amides is 2. The van der Waals surface area contributed by atoms with Crippen LogP contribution in [-0.4, -0.2) is 66.9 Å². The highest BCUT2D eigenvalue weighted by molar-refractivity contribution is 5.81. The van der Waals surface area contributed by atoms with Crippen LogP contribution in [0.4, 0.5) is 0 Å². The number of aryl methyl sites for hydroxylation is 1. The molecule has 6 rings (SSSR count). The number of hydrogen-bond acceptors (Lipinski definition) is 5. The van der Waals surface area contributed by atoms with Gasteiger partial charge in [0.15, 0.2) is 6.61 Å². The summed E-state index contributed by atoms with van der Waals surface area (Å²) in [6.07, 6.45) is 4.91. The van der Waals surface area contributed by atoms with Crippen molar-refractivity contribution in [1.82, 2.24) is 10.2 Å². The number of rotatable bonds is 0. The van der Waals surface area contributed by atoms with Crippen LogP contribution in [-0.2, 0) is 19.1 Å². The number of nitrogens with zero attached hydrogens (tertiary/aromatic N) is 1. The third-order valence-corrected chi connectivity index (χ3v) is 7.50. The molecule has 4 heterocycles. The Hall–Kier alpha value is -2.12. The minimum absolute atomic E-state index is 0.0159. The highest BCUT2D eigenvalue weighted by Crippen LogP contribution is 2.41. The predicted molar refractivity (Wildman–Crippen MR) is 114 cm³/mol. The van der Waals surface area contributed by atoms with Crippen LogP contribution in [0.3, 0.4) is 0 Å². The average Bonchev–Trinajstić information content (AvgIpc) is 3.01. The standard InChI is InChI=1S/C24H32N2O5/c1-15-3-8-20-19(9-15)17-4-6-18(7-5-17)30-11-21-24(14-29-12-22(27)25-24)10-16(2)26(21)23(28)13-31-20/h3,8-9,16-18,21H,4-7,10-14H2,1-2H3,(H,25,27)/t16-,17-,18+,21+,24-/m1/s1. The van der Waals surface area contributed by atoms with Crippen molar-refractivity contribution in [3.05, 3.63) is 29.3 Å². The lowest BCUT2D eigenvalue weighted by molar-refractivity contribution is -0.145. The fourth-order valence-electron chi connectivity index (χ4n) is 6.06. The molecule has 31 heavy (non-hydrogen) atoms.